The molecule has 412 valence electrons. The average molecular weight is 932 g/mol. The van der Waals surface area contributed by atoms with Gasteiger partial charge in [-0.15, -0.1) is 0 Å². The van der Waals surface area contributed by atoms with Crippen LogP contribution in [0, 0.1) is 11.3 Å². The van der Waals surface area contributed by atoms with Gasteiger partial charge in [0.15, 0.2) is 6.29 Å². The summed E-state index contributed by atoms with van der Waals surface area (Å²) in [6.45, 7) is 25.0. The number of aliphatic hydroxyl groups is 6. The molecule has 1 saturated heterocycles. The smallest absolute Gasteiger partial charge is 0.163 e. The zero-order chi connectivity index (χ0) is 36.4. The van der Waals surface area contributed by atoms with E-state index < -0.39 is 29.5 Å². The van der Waals surface area contributed by atoms with Crippen LogP contribution in [-0.2, 0) is 23.7 Å². The van der Waals surface area contributed by atoms with Crippen LogP contribution in [0.3, 0.4) is 0 Å². The van der Waals surface area contributed by atoms with Crippen molar-refractivity contribution >= 4 is 0 Å². The van der Waals surface area contributed by atoms with Crippen molar-refractivity contribution in [3.05, 3.63) is 0 Å². The van der Waals surface area contributed by atoms with E-state index in [1.54, 1.807) is 20.8 Å². The van der Waals surface area contributed by atoms with Crippen molar-refractivity contribution in [2.45, 2.75) is 270 Å². The van der Waals surface area contributed by atoms with Crippen LogP contribution in [0.1, 0.15) is 240 Å². The highest BCUT2D eigenvalue weighted by atomic mass is 16.7. The van der Waals surface area contributed by atoms with Gasteiger partial charge in [-0.2, -0.15) is 0 Å². The van der Waals surface area contributed by atoms with Crippen molar-refractivity contribution < 1.29 is 54.3 Å². The lowest BCUT2D eigenvalue weighted by atomic mass is 9.93. The molecule has 0 amide bonds. The zero-order valence-corrected chi connectivity index (χ0v) is 31.6. The van der Waals surface area contributed by atoms with Crippen molar-refractivity contribution in [3.63, 3.8) is 0 Å². The minimum absolute atomic E-state index is 0. The Morgan fingerprint density at radius 1 is 0.468 bits per heavy atom. The van der Waals surface area contributed by atoms with Crippen LogP contribution in [0.15, 0.2) is 0 Å². The monoisotopic (exact) mass is 931 g/mol. The molecular weight excluding hydrogens is 789 g/mol. The lowest BCUT2D eigenvalue weighted by Gasteiger charge is -2.39. The molecule has 1 aliphatic heterocycles. The minimum Gasteiger partial charge on any atom is -0.396 e. The molecule has 0 aromatic heterocycles. The predicted molar refractivity (Wildman–Crippen MR) is 294 cm³/mol. The molecule has 0 bridgehead atoms. The van der Waals surface area contributed by atoms with Crippen LogP contribution in [0.4, 0.5) is 0 Å². The molecule has 1 heterocycles. The van der Waals surface area contributed by atoms with Gasteiger partial charge in [-0.3, -0.25) is 0 Å². The fraction of sp³-hybridized carbons (Fsp3) is 1.00. The number of hydrogen-bond donors (Lipinski definition) is 6. The highest BCUT2D eigenvalue weighted by molar-refractivity contribution is 4.84. The van der Waals surface area contributed by atoms with E-state index >= 15 is 0 Å². The van der Waals surface area contributed by atoms with Gasteiger partial charge in [0.05, 0.1) is 45.2 Å². The molecule has 1 rings (SSSR count). The molecule has 6 atom stereocenters. The second-order valence-corrected chi connectivity index (χ2v) is 12.2. The number of rotatable bonds is 19. The summed E-state index contributed by atoms with van der Waals surface area (Å²) in [6, 6.07) is 0. The largest absolute Gasteiger partial charge is 0.396 e. The van der Waals surface area contributed by atoms with Gasteiger partial charge in [-0.1, -0.05) is 192 Å². The SMILES string of the molecule is C.C.C.C.C.C.C.C.C.C.C.C.C.C.C.C.CCCCC.CCCCCCOCC.CCOC1OC(C)C(O)C(O)C1C.CCOCC(C)(CO)CO.CCOCC(C)(O)CO. The Hall–Kier alpha value is -0.440. The molecule has 0 aliphatic carbocycles. The fourth-order valence-electron chi connectivity index (χ4n) is 3.51. The summed E-state index contributed by atoms with van der Waals surface area (Å²) >= 11 is 0. The van der Waals surface area contributed by atoms with Crippen LogP contribution < -0.4 is 0 Å². The summed E-state index contributed by atoms with van der Waals surface area (Å²) in [4.78, 5) is 0. The second-order valence-electron chi connectivity index (χ2n) is 12.2. The highest BCUT2D eigenvalue weighted by Crippen LogP contribution is 2.26. The van der Waals surface area contributed by atoms with Crippen LogP contribution in [0.25, 0.3) is 0 Å². The Kier molecular flexibility index (Phi) is 192. The standard InChI is InChI=1S/C9H18O4.C8H18O.C7H16O3.C6H14O3.C5H12.16CH4/c1-4-12-9-5(2)7(10)8(11)6(3)13-9;1-3-5-6-7-8-9-4-2;1-3-10-6-7(2,4-8)5-9;1-3-9-5-6(2,8)4-7;1-3-5-4-2;;;;;;;;;;;;;;;;/h5-11H,4H2,1-3H3;3-8H2,1-2H3;8-9H,3-6H2,1-2H3;7-8H,3-5H2,1-2H3;3-5H2,1-2H3;16*1H4. The van der Waals surface area contributed by atoms with Gasteiger partial charge < -0.3 is 54.3 Å². The number of hydrogen-bond acceptors (Lipinski definition) is 11. The summed E-state index contributed by atoms with van der Waals surface area (Å²) in [5.74, 6) is -0.189. The third-order valence-corrected chi connectivity index (χ3v) is 6.91. The molecule has 11 nitrogen and oxygen atoms in total. The van der Waals surface area contributed by atoms with E-state index in [1.807, 2.05) is 27.7 Å². The Labute approximate surface area is 400 Å². The summed E-state index contributed by atoms with van der Waals surface area (Å²) in [5.41, 5.74) is -1.55. The maximum Gasteiger partial charge on any atom is 0.163 e. The molecule has 0 aromatic rings. The van der Waals surface area contributed by atoms with Gasteiger partial charge in [0, 0.05) is 44.4 Å². The first-order valence-corrected chi connectivity index (χ1v) is 17.6. The number of aliphatic hydroxyl groups excluding tert-OH is 5. The molecule has 1 fully saturated rings. The van der Waals surface area contributed by atoms with Gasteiger partial charge in [0.2, 0.25) is 0 Å². The maximum absolute atomic E-state index is 9.60. The number of ether oxygens (including phenoxy) is 5. The lowest BCUT2D eigenvalue weighted by Crippen LogP contribution is -2.53. The lowest BCUT2D eigenvalue weighted by molar-refractivity contribution is -0.271. The highest BCUT2D eigenvalue weighted by Gasteiger charge is 2.40. The molecule has 6 N–H and O–H groups in total. The maximum atomic E-state index is 9.60. The van der Waals surface area contributed by atoms with Crippen LogP contribution in [-0.4, -0.2) is 127 Å². The summed E-state index contributed by atoms with van der Waals surface area (Å²) in [6.07, 6.45) is 6.96. The molecule has 0 saturated carbocycles. The first-order chi connectivity index (χ1) is 21.7. The summed E-state index contributed by atoms with van der Waals surface area (Å²) in [7, 11) is 0. The molecule has 6 unspecified atom stereocenters. The van der Waals surface area contributed by atoms with Crippen LogP contribution in [0.2, 0.25) is 0 Å². The zero-order valence-electron chi connectivity index (χ0n) is 31.6. The predicted octanol–water partition coefficient (Wildman–Crippen LogP) is 14.9. The van der Waals surface area contributed by atoms with Crippen LogP contribution in [0.5, 0.6) is 0 Å². The summed E-state index contributed by atoms with van der Waals surface area (Å²) in [5, 5.41) is 54.2. The third kappa shape index (κ3) is 83.2. The van der Waals surface area contributed by atoms with Crippen molar-refractivity contribution in [2.24, 2.45) is 11.3 Å². The van der Waals surface area contributed by atoms with Gasteiger partial charge in [-0.05, 0) is 48.0 Å². The van der Waals surface area contributed by atoms with Gasteiger partial charge in [0.25, 0.3) is 0 Å². The third-order valence-electron chi connectivity index (χ3n) is 6.91. The number of unbranched alkanes of at least 4 members (excludes halogenated alkanes) is 5. The molecule has 1 aliphatic rings. The van der Waals surface area contributed by atoms with E-state index in [2.05, 4.69) is 20.8 Å². The fourth-order valence-corrected chi connectivity index (χ4v) is 3.51. The average Bonchev–Trinajstić information content (AvgIpc) is 3.06. The quantitative estimate of drug-likeness (QED) is 0.0682. The Morgan fingerprint density at radius 3 is 1.13 bits per heavy atom. The van der Waals surface area contributed by atoms with E-state index in [9.17, 15) is 10.2 Å². The van der Waals surface area contributed by atoms with Crippen molar-refractivity contribution in [2.75, 3.05) is 66.1 Å². The second kappa shape index (κ2) is 91.1. The molecule has 0 aromatic carbocycles. The van der Waals surface area contributed by atoms with Crippen molar-refractivity contribution in [1.29, 1.82) is 0 Å². The van der Waals surface area contributed by atoms with E-state index in [0.717, 1.165) is 13.2 Å². The van der Waals surface area contributed by atoms with Crippen molar-refractivity contribution in [1.82, 2.24) is 0 Å². The first-order valence-electron chi connectivity index (χ1n) is 17.6. The molecule has 62 heavy (non-hydrogen) atoms. The first kappa shape index (κ1) is 131. The Morgan fingerprint density at radius 2 is 0.839 bits per heavy atom. The van der Waals surface area contributed by atoms with E-state index in [0.29, 0.717) is 26.4 Å². The van der Waals surface area contributed by atoms with E-state index in [1.165, 1.54) is 51.9 Å². The Balaban J connectivity index is -0.0000000189. The molecular formula is C51H142O11. The minimum atomic E-state index is -1.07. The van der Waals surface area contributed by atoms with Crippen LogP contribution >= 0.6 is 0 Å². The molecule has 0 radical (unpaired) electrons. The summed E-state index contributed by atoms with van der Waals surface area (Å²) < 4.78 is 25.8. The van der Waals surface area contributed by atoms with E-state index in [-0.39, 0.29) is 157 Å². The van der Waals surface area contributed by atoms with Gasteiger partial charge in [-0.25, -0.2) is 0 Å². The Bertz CT molecular complexity index is 574. The normalized spacial score (nSPS) is 16.3. The van der Waals surface area contributed by atoms with Gasteiger partial charge >= 0.3 is 0 Å². The van der Waals surface area contributed by atoms with Crippen molar-refractivity contribution in [3.8, 4) is 0 Å². The van der Waals surface area contributed by atoms with Gasteiger partial charge in [0.1, 0.15) is 11.7 Å². The topological polar surface area (TPSA) is 168 Å². The molecule has 11 heteroatoms. The van der Waals surface area contributed by atoms with E-state index in [4.69, 9.17) is 44.1 Å². The molecule has 0 spiro atoms.